The van der Waals surface area contributed by atoms with Gasteiger partial charge < -0.3 is 10.0 Å². The normalized spacial score (nSPS) is 32.6. The van der Waals surface area contributed by atoms with Gasteiger partial charge >= 0.3 is 5.97 Å². The second-order valence-corrected chi connectivity index (χ2v) is 7.18. The minimum absolute atomic E-state index is 0.205. The summed E-state index contributed by atoms with van der Waals surface area (Å²) in [5, 5.41) is 13.1. The van der Waals surface area contributed by atoms with Crippen molar-refractivity contribution in [3.05, 3.63) is 0 Å². The number of aliphatic carboxylic acids is 1. The molecule has 20 heavy (non-hydrogen) atoms. The summed E-state index contributed by atoms with van der Waals surface area (Å²) in [6.07, 6.45) is 6.29. The second kappa shape index (κ2) is 6.02. The predicted octanol–water partition coefficient (Wildman–Crippen LogP) is 2.48. The Kier molecular flexibility index (Phi) is 4.75. The van der Waals surface area contributed by atoms with E-state index >= 15 is 0 Å². The molecule has 0 saturated heterocycles. The molecular weight excluding hydrogens is 252 g/mol. The molecule has 0 bridgehead atoms. The van der Waals surface area contributed by atoms with Crippen molar-refractivity contribution in [2.24, 2.45) is 5.92 Å². The predicted molar refractivity (Wildman–Crippen MR) is 80.8 cm³/mol. The van der Waals surface area contributed by atoms with Gasteiger partial charge in [0.15, 0.2) is 0 Å². The fraction of sp³-hybridized carbons (Fsp3) is 0.938. The lowest BCUT2D eigenvalue weighted by atomic mass is 9.77. The molecule has 116 valence electrons. The molecule has 0 spiro atoms. The van der Waals surface area contributed by atoms with Crippen LogP contribution in [0.5, 0.6) is 0 Å². The van der Waals surface area contributed by atoms with E-state index in [1.54, 1.807) is 0 Å². The molecule has 3 atom stereocenters. The van der Waals surface area contributed by atoms with Gasteiger partial charge in [0.05, 0.1) is 0 Å². The first-order valence-corrected chi connectivity index (χ1v) is 8.09. The van der Waals surface area contributed by atoms with Crippen molar-refractivity contribution in [3.63, 3.8) is 0 Å². The van der Waals surface area contributed by atoms with Crippen LogP contribution in [0.2, 0.25) is 0 Å². The van der Waals surface area contributed by atoms with Crippen molar-refractivity contribution in [1.29, 1.82) is 0 Å². The maximum absolute atomic E-state index is 11.8. The maximum Gasteiger partial charge on any atom is 0.323 e. The third-order valence-electron chi connectivity index (χ3n) is 5.22. The van der Waals surface area contributed by atoms with E-state index in [-0.39, 0.29) is 6.04 Å². The molecule has 2 aliphatic rings. The van der Waals surface area contributed by atoms with Crippen LogP contribution >= 0.6 is 0 Å². The Bertz CT molecular complexity index is 354. The highest BCUT2D eigenvalue weighted by Crippen LogP contribution is 2.38. The van der Waals surface area contributed by atoms with Crippen LogP contribution in [0.15, 0.2) is 0 Å². The Morgan fingerprint density at radius 1 is 1.30 bits per heavy atom. The van der Waals surface area contributed by atoms with E-state index < -0.39 is 11.5 Å². The third kappa shape index (κ3) is 3.34. The number of hydrogen-bond donors (Lipinski definition) is 2. The number of carboxylic acids is 1. The zero-order valence-electron chi connectivity index (χ0n) is 13.4. The summed E-state index contributed by atoms with van der Waals surface area (Å²) in [6, 6.07) is 1.18. The highest BCUT2D eigenvalue weighted by Gasteiger charge is 2.45. The van der Waals surface area contributed by atoms with Gasteiger partial charge in [0.2, 0.25) is 0 Å². The first-order chi connectivity index (χ1) is 9.35. The fourth-order valence-electron chi connectivity index (χ4n) is 3.78. The molecular formula is C16H30N2O2. The number of rotatable bonds is 6. The SMILES string of the molecule is CC(C)NC1(C(=O)O)CCCC(N(C)C(C)C2CC2)C1. The molecule has 3 unspecified atom stereocenters. The summed E-state index contributed by atoms with van der Waals surface area (Å²) < 4.78 is 0. The highest BCUT2D eigenvalue weighted by molar-refractivity contribution is 5.79. The summed E-state index contributed by atoms with van der Waals surface area (Å²) in [4.78, 5) is 14.3. The lowest BCUT2D eigenvalue weighted by Gasteiger charge is -2.44. The second-order valence-electron chi connectivity index (χ2n) is 7.18. The number of nitrogens with one attached hydrogen (secondary N) is 1. The van der Waals surface area contributed by atoms with Crippen LogP contribution in [0.4, 0.5) is 0 Å². The Morgan fingerprint density at radius 3 is 2.45 bits per heavy atom. The molecule has 0 aliphatic heterocycles. The molecule has 0 aromatic heterocycles. The van der Waals surface area contributed by atoms with E-state index in [1.807, 2.05) is 13.8 Å². The van der Waals surface area contributed by atoms with Crippen molar-refractivity contribution in [1.82, 2.24) is 10.2 Å². The summed E-state index contributed by atoms with van der Waals surface area (Å²) in [6.45, 7) is 6.36. The van der Waals surface area contributed by atoms with Crippen molar-refractivity contribution in [2.45, 2.75) is 83.0 Å². The quantitative estimate of drug-likeness (QED) is 0.786. The van der Waals surface area contributed by atoms with E-state index in [4.69, 9.17) is 0 Å². The zero-order valence-corrected chi connectivity index (χ0v) is 13.4. The van der Waals surface area contributed by atoms with Crippen molar-refractivity contribution >= 4 is 5.97 Å². The molecule has 4 nitrogen and oxygen atoms in total. The van der Waals surface area contributed by atoms with E-state index in [1.165, 1.54) is 12.8 Å². The Labute approximate surface area is 122 Å². The molecule has 0 aromatic rings. The fourth-order valence-corrected chi connectivity index (χ4v) is 3.78. The molecule has 2 fully saturated rings. The molecule has 2 rings (SSSR count). The first kappa shape index (κ1) is 15.8. The van der Waals surface area contributed by atoms with Gasteiger partial charge in [-0.3, -0.25) is 10.1 Å². The topological polar surface area (TPSA) is 52.6 Å². The molecule has 0 heterocycles. The van der Waals surface area contributed by atoms with Gasteiger partial charge in [-0.2, -0.15) is 0 Å². The van der Waals surface area contributed by atoms with Gasteiger partial charge in [-0.1, -0.05) is 0 Å². The summed E-state index contributed by atoms with van der Waals surface area (Å²) in [5.41, 5.74) is -0.728. The van der Waals surface area contributed by atoms with E-state index in [0.29, 0.717) is 12.1 Å². The maximum atomic E-state index is 11.8. The number of carboxylic acid groups (broad SMARTS) is 1. The molecule has 0 radical (unpaired) electrons. The highest BCUT2D eigenvalue weighted by atomic mass is 16.4. The lowest BCUT2D eigenvalue weighted by Crippen LogP contribution is -2.60. The van der Waals surface area contributed by atoms with Crippen molar-refractivity contribution < 1.29 is 9.90 Å². The summed E-state index contributed by atoms with van der Waals surface area (Å²) in [5.74, 6) is 0.155. The molecule has 0 aromatic carbocycles. The summed E-state index contributed by atoms with van der Waals surface area (Å²) in [7, 11) is 2.18. The molecule has 2 saturated carbocycles. The first-order valence-electron chi connectivity index (χ1n) is 8.09. The molecule has 4 heteroatoms. The van der Waals surface area contributed by atoms with Gasteiger partial charge in [-0.15, -0.1) is 0 Å². The van der Waals surface area contributed by atoms with E-state index in [0.717, 1.165) is 31.6 Å². The van der Waals surface area contributed by atoms with E-state index in [2.05, 4.69) is 24.2 Å². The minimum atomic E-state index is -0.728. The monoisotopic (exact) mass is 282 g/mol. The Hall–Kier alpha value is -0.610. The van der Waals surface area contributed by atoms with Gasteiger partial charge in [0, 0.05) is 18.1 Å². The molecule has 2 aliphatic carbocycles. The van der Waals surface area contributed by atoms with Crippen LogP contribution in [0.25, 0.3) is 0 Å². The average Bonchev–Trinajstić information content (AvgIpc) is 3.20. The van der Waals surface area contributed by atoms with Crippen LogP contribution in [-0.2, 0) is 4.79 Å². The van der Waals surface area contributed by atoms with Crippen molar-refractivity contribution in [2.75, 3.05) is 7.05 Å². The van der Waals surface area contributed by atoms with Crippen LogP contribution in [0.3, 0.4) is 0 Å². The van der Waals surface area contributed by atoms with Crippen molar-refractivity contribution in [3.8, 4) is 0 Å². The Morgan fingerprint density at radius 2 is 1.95 bits per heavy atom. The number of hydrogen-bond acceptors (Lipinski definition) is 3. The minimum Gasteiger partial charge on any atom is -0.480 e. The van der Waals surface area contributed by atoms with Crippen LogP contribution in [-0.4, -0.2) is 46.7 Å². The zero-order chi connectivity index (χ0) is 14.9. The number of carbonyl (C=O) groups is 1. The van der Waals surface area contributed by atoms with Gasteiger partial charge in [0.1, 0.15) is 5.54 Å². The largest absolute Gasteiger partial charge is 0.480 e. The average molecular weight is 282 g/mol. The van der Waals surface area contributed by atoms with Gasteiger partial charge in [-0.25, -0.2) is 0 Å². The van der Waals surface area contributed by atoms with Crippen LogP contribution < -0.4 is 5.32 Å². The third-order valence-corrected chi connectivity index (χ3v) is 5.22. The molecule has 2 N–H and O–H groups in total. The van der Waals surface area contributed by atoms with Crippen LogP contribution in [0.1, 0.15) is 59.3 Å². The Balaban J connectivity index is 2.06. The van der Waals surface area contributed by atoms with Crippen LogP contribution in [0, 0.1) is 5.92 Å². The smallest absolute Gasteiger partial charge is 0.323 e. The molecule has 0 amide bonds. The summed E-state index contributed by atoms with van der Waals surface area (Å²) >= 11 is 0. The van der Waals surface area contributed by atoms with Gasteiger partial charge in [0.25, 0.3) is 0 Å². The number of nitrogens with zero attached hydrogens (tertiary/aromatic N) is 1. The standard InChI is InChI=1S/C16H30N2O2/c1-11(2)17-16(15(19)20)9-5-6-14(10-16)18(4)12(3)13-7-8-13/h11-14,17H,5-10H2,1-4H3,(H,19,20). The van der Waals surface area contributed by atoms with E-state index in [9.17, 15) is 9.90 Å². The van der Waals surface area contributed by atoms with Gasteiger partial charge in [-0.05, 0) is 72.3 Å². The lowest BCUT2D eigenvalue weighted by molar-refractivity contribution is -0.148.